The molecular formula is C65H95NO22. The van der Waals surface area contributed by atoms with Gasteiger partial charge in [-0.15, -0.1) is 0 Å². The fourth-order valence-electron chi connectivity index (χ4n) is 11.9. The van der Waals surface area contributed by atoms with Crippen LogP contribution in [0.15, 0.2) is 115 Å². The molecule has 88 heavy (non-hydrogen) atoms. The summed E-state index contributed by atoms with van der Waals surface area (Å²) in [5.74, 6) is -7.27. The van der Waals surface area contributed by atoms with Gasteiger partial charge in [-0.05, 0) is 38.8 Å². The minimum Gasteiger partial charge on any atom is -0.478 e. The van der Waals surface area contributed by atoms with Gasteiger partial charge in [0.1, 0.15) is 42.5 Å². The van der Waals surface area contributed by atoms with Crippen molar-refractivity contribution in [1.29, 1.82) is 0 Å². The van der Waals surface area contributed by atoms with Crippen LogP contribution in [-0.2, 0) is 82.4 Å². The molecule has 7 N–H and O–H groups in total. The molecule has 492 valence electrons. The Hall–Kier alpha value is -4.87. The molecule has 5 aliphatic heterocycles. The number of hydrogen-bond donors (Lipinski definition) is 7. The van der Waals surface area contributed by atoms with Crippen LogP contribution in [0.2, 0.25) is 0 Å². The Morgan fingerprint density at radius 3 is 1.98 bits per heavy atom. The highest BCUT2D eigenvalue weighted by Crippen LogP contribution is 2.46. The Bertz CT molecular complexity index is 2550. The molecule has 0 saturated carbocycles. The summed E-state index contributed by atoms with van der Waals surface area (Å²) < 4.78 is 80.3. The number of carbonyl (C=O) groups excluding carboxylic acids is 2. The second kappa shape index (κ2) is 34.5. The monoisotopic (exact) mass is 1240 g/mol. The Balaban J connectivity index is 1.19. The van der Waals surface area contributed by atoms with Crippen LogP contribution >= 0.6 is 0 Å². The smallest absolute Gasteiger partial charge is 0.328 e. The van der Waals surface area contributed by atoms with Crippen molar-refractivity contribution in [2.45, 2.75) is 203 Å². The lowest BCUT2D eigenvalue weighted by molar-refractivity contribution is -0.367. The van der Waals surface area contributed by atoms with Crippen LogP contribution in [-0.4, -0.2) is 219 Å². The number of benzene rings is 1. The van der Waals surface area contributed by atoms with Crippen LogP contribution in [0.5, 0.6) is 0 Å². The molecule has 1 amide bonds. The molecule has 1 aromatic carbocycles. The number of rotatable bonds is 29. The number of ether oxygens (including phenoxy) is 13. The predicted molar refractivity (Wildman–Crippen MR) is 320 cm³/mol. The fraction of sp³-hybridized carbons (Fsp3) is 0.646. The van der Waals surface area contributed by atoms with Gasteiger partial charge in [0, 0.05) is 78.1 Å². The number of carboxylic acid groups (broad SMARTS) is 1. The number of hydrogen-bond acceptors (Lipinski definition) is 21. The van der Waals surface area contributed by atoms with E-state index >= 15 is 0 Å². The van der Waals surface area contributed by atoms with Crippen molar-refractivity contribution < 1.29 is 107 Å². The molecule has 0 radical (unpaired) electrons. The average molecular weight is 1240 g/mol. The normalized spacial score (nSPS) is 36.0. The van der Waals surface area contributed by atoms with E-state index in [9.17, 15) is 39.9 Å². The quantitative estimate of drug-likeness (QED) is 0.0331. The standard InChI is InChI=1S/C65H95NO22/c1-38(58(79-11)39(2)47-33-45(68)46(84-47)27-18-12-13-20-29-52(69)70)24-21-22-30-66-63(74)44(65(75)61(73)62(85-53(71)32-43-25-16-14-17-26-43)64(6,7)51(88-65)28-19-15-23-31-67)37-80-54-35-49(77-9)59(41(4)82-54)87-56-36-50(78-10)60(42(5)83-56)86-55-34-48(76-8)57(72)40(3)81-55/h12-29,39-42,44-51,54-62,67-68,72-73,75H,30-37H2,1-11H3,(H,66,74)(H,69,70)/b13-12+,22-21+,23-15+,27-18+,28-19+,29-20+,38-24+/t39-,40-,41-,42-,44+,45-,46-,47+,48-,49-,50+,51-,54+,55-,56+,57+,58+,59+,60-,61+,62-,65+/m0/s1. The van der Waals surface area contributed by atoms with Crippen molar-refractivity contribution >= 4 is 17.8 Å². The first-order chi connectivity index (χ1) is 42.0. The van der Waals surface area contributed by atoms with Crippen molar-refractivity contribution in [2.24, 2.45) is 17.3 Å². The number of carbonyl (C=O) groups is 3. The number of nitrogens with one attached hydrogen (secondary N) is 1. The van der Waals surface area contributed by atoms with Gasteiger partial charge < -0.3 is 97.5 Å². The third kappa shape index (κ3) is 19.3. The van der Waals surface area contributed by atoms with Crippen molar-refractivity contribution in [1.82, 2.24) is 5.32 Å². The van der Waals surface area contributed by atoms with E-state index in [0.29, 0.717) is 18.4 Å². The summed E-state index contributed by atoms with van der Waals surface area (Å²) in [7, 11) is 6.20. The van der Waals surface area contributed by atoms with Crippen molar-refractivity contribution in [3.63, 3.8) is 0 Å². The van der Waals surface area contributed by atoms with Gasteiger partial charge in [-0.25, -0.2) is 4.79 Å². The molecule has 0 spiro atoms. The Kier molecular flexibility index (Phi) is 28.3. The molecule has 6 rings (SSSR count). The number of aliphatic hydroxyl groups is 5. The molecule has 5 saturated heterocycles. The molecule has 5 heterocycles. The van der Waals surface area contributed by atoms with Gasteiger partial charge in [0.05, 0.1) is 80.7 Å². The fourth-order valence-corrected chi connectivity index (χ4v) is 11.9. The van der Waals surface area contributed by atoms with E-state index < -0.39 is 152 Å². The Labute approximate surface area is 516 Å². The van der Waals surface area contributed by atoms with Gasteiger partial charge in [0.25, 0.3) is 0 Å². The van der Waals surface area contributed by atoms with E-state index in [1.165, 1.54) is 26.4 Å². The van der Waals surface area contributed by atoms with Gasteiger partial charge in [0.15, 0.2) is 18.9 Å². The second-order valence-corrected chi connectivity index (χ2v) is 23.6. The number of allylic oxidation sites excluding steroid dienone is 8. The summed E-state index contributed by atoms with van der Waals surface area (Å²) in [6.45, 7) is 11.7. The van der Waals surface area contributed by atoms with Crippen LogP contribution in [0.1, 0.15) is 79.7 Å². The Morgan fingerprint density at radius 2 is 1.35 bits per heavy atom. The van der Waals surface area contributed by atoms with Crippen LogP contribution in [0.25, 0.3) is 0 Å². The summed E-state index contributed by atoms with van der Waals surface area (Å²) >= 11 is 0. The molecular weight excluding hydrogens is 1150 g/mol. The molecule has 0 aliphatic carbocycles. The first-order valence-electron chi connectivity index (χ1n) is 30.1. The lowest BCUT2D eigenvalue weighted by Crippen LogP contribution is -2.70. The molecule has 1 aromatic rings. The van der Waals surface area contributed by atoms with Crippen molar-refractivity contribution in [3.05, 3.63) is 120 Å². The summed E-state index contributed by atoms with van der Waals surface area (Å²) in [5.41, 5.74) is 0.241. The zero-order valence-corrected chi connectivity index (χ0v) is 52.4. The number of aliphatic hydroxyl groups excluding tert-OH is 4. The number of carboxylic acids is 1. The summed E-state index contributed by atoms with van der Waals surface area (Å²) in [5, 5.41) is 67.9. The third-order valence-corrected chi connectivity index (χ3v) is 17.0. The Morgan fingerprint density at radius 1 is 0.750 bits per heavy atom. The molecule has 0 aromatic heterocycles. The van der Waals surface area contributed by atoms with Gasteiger partial charge >= 0.3 is 11.9 Å². The zero-order chi connectivity index (χ0) is 64.3. The summed E-state index contributed by atoms with van der Waals surface area (Å²) in [6, 6.07) is 8.88. The van der Waals surface area contributed by atoms with Gasteiger partial charge in [-0.3, -0.25) is 9.59 Å². The second-order valence-electron chi connectivity index (χ2n) is 23.6. The SMILES string of the molecule is CO[C@H]1C[C@H](O[C@H]2[C@H](C)O[C@H](O[C@@H]3[C@H](C)O[C@@H](OC[C@H](C(=O)NC/C=C/C=C(\C)[C@@H](OC)[C@@H](C)[C@H]4C[C@H](O)[C@H](/C=C/C=C/C=C/C(=O)O)O4)[C@@]4(O)O[C@@H](/C=C/C=C/CO)C(C)(C)[C@@H](OC(=O)Cc5ccccc5)[C@H]4O)C[C@@H]3OC)C[C@H]2OC)O[C@@H](C)[C@H]1O. The molecule has 0 unspecified atom stereocenters. The maximum absolute atomic E-state index is 14.8. The molecule has 0 bridgehead atoms. The molecule has 23 nitrogen and oxygen atoms in total. The topological polar surface area (TPSA) is 305 Å². The number of methoxy groups -OCH3 is 4. The maximum Gasteiger partial charge on any atom is 0.328 e. The van der Waals surface area contributed by atoms with E-state index in [1.54, 1.807) is 121 Å². The van der Waals surface area contributed by atoms with Crippen LogP contribution in [0.3, 0.4) is 0 Å². The lowest BCUT2D eigenvalue weighted by atomic mass is 9.71. The van der Waals surface area contributed by atoms with Crippen molar-refractivity contribution in [2.75, 3.05) is 48.2 Å². The molecule has 22 atom stereocenters. The predicted octanol–water partition coefficient (Wildman–Crippen LogP) is 4.48. The molecule has 5 fully saturated rings. The first-order valence-corrected chi connectivity index (χ1v) is 30.1. The number of aliphatic carboxylic acids is 1. The minimum absolute atomic E-state index is 0.0758. The van der Waals surface area contributed by atoms with Gasteiger partial charge in [0.2, 0.25) is 11.7 Å². The summed E-state index contributed by atoms with van der Waals surface area (Å²) in [4.78, 5) is 39.3. The van der Waals surface area contributed by atoms with Crippen LogP contribution in [0.4, 0.5) is 0 Å². The highest BCUT2D eigenvalue weighted by Gasteiger charge is 2.63. The number of amides is 1. The lowest BCUT2D eigenvalue weighted by Gasteiger charge is -2.54. The van der Waals surface area contributed by atoms with E-state index in [4.69, 9.17) is 66.7 Å². The van der Waals surface area contributed by atoms with Gasteiger partial charge in [-0.1, -0.05) is 124 Å². The van der Waals surface area contributed by atoms with E-state index in [-0.39, 0.29) is 44.4 Å². The maximum atomic E-state index is 14.8. The van der Waals surface area contributed by atoms with Crippen molar-refractivity contribution in [3.8, 4) is 0 Å². The first kappa shape index (κ1) is 72.2. The van der Waals surface area contributed by atoms with Gasteiger partial charge in [-0.2, -0.15) is 0 Å². The largest absolute Gasteiger partial charge is 0.478 e. The average Bonchev–Trinajstić information content (AvgIpc) is 0.881. The molecule has 5 aliphatic rings. The van der Waals surface area contributed by atoms with E-state index in [0.717, 1.165) is 11.6 Å². The highest BCUT2D eigenvalue weighted by atomic mass is 16.7. The van der Waals surface area contributed by atoms with E-state index in [1.807, 2.05) is 32.9 Å². The zero-order valence-electron chi connectivity index (χ0n) is 52.4. The minimum atomic E-state index is -2.79. The van der Waals surface area contributed by atoms with Crippen LogP contribution in [0, 0.1) is 17.3 Å². The molecule has 23 heteroatoms. The summed E-state index contributed by atoms with van der Waals surface area (Å²) in [6.07, 6.45) is 6.57. The third-order valence-electron chi connectivity index (χ3n) is 17.0. The number of esters is 1. The highest BCUT2D eigenvalue weighted by molar-refractivity contribution is 5.80. The van der Waals surface area contributed by atoms with Crippen LogP contribution < -0.4 is 5.32 Å². The van der Waals surface area contributed by atoms with E-state index in [2.05, 4.69) is 5.32 Å².